The van der Waals surface area contributed by atoms with Crippen LogP contribution in [0.3, 0.4) is 0 Å². The molecule has 0 bridgehead atoms. The summed E-state index contributed by atoms with van der Waals surface area (Å²) >= 11 is 4.98. The summed E-state index contributed by atoms with van der Waals surface area (Å²) < 4.78 is 1.03. The molecule has 1 aromatic carbocycles. The number of carboxylic acids is 1. The van der Waals surface area contributed by atoms with Crippen LogP contribution < -0.4 is 11.1 Å². The lowest BCUT2D eigenvalue weighted by molar-refractivity contribution is 0.0698. The Morgan fingerprint density at radius 3 is 2.83 bits per heavy atom. The van der Waals surface area contributed by atoms with Gasteiger partial charge in [-0.2, -0.15) is 0 Å². The molecule has 1 aromatic heterocycles. The molecule has 2 rings (SSSR count). The highest BCUT2D eigenvalue weighted by Gasteiger charge is 2.10. The van der Waals surface area contributed by atoms with E-state index in [1.54, 1.807) is 23.5 Å². The van der Waals surface area contributed by atoms with Gasteiger partial charge in [0.15, 0.2) is 0 Å². The maximum absolute atomic E-state index is 11.1. The summed E-state index contributed by atoms with van der Waals surface area (Å²) in [5.41, 5.74) is 6.78. The summed E-state index contributed by atoms with van der Waals surface area (Å²) in [6.45, 7) is 0.584. The lowest BCUT2D eigenvalue weighted by Crippen LogP contribution is -2.06. The van der Waals surface area contributed by atoms with Crippen LogP contribution >= 0.6 is 27.3 Å². The SMILES string of the molecule is Nc1ccc(NCc2cc(Br)cs2)c(C(=O)O)c1. The molecule has 1 heterocycles. The lowest BCUT2D eigenvalue weighted by atomic mass is 10.1. The van der Waals surface area contributed by atoms with Crippen molar-refractivity contribution >= 4 is 44.6 Å². The van der Waals surface area contributed by atoms with E-state index in [4.69, 9.17) is 10.8 Å². The van der Waals surface area contributed by atoms with Gasteiger partial charge in [-0.15, -0.1) is 11.3 Å². The van der Waals surface area contributed by atoms with Crippen molar-refractivity contribution in [3.8, 4) is 0 Å². The Kier molecular flexibility index (Phi) is 3.88. The molecule has 0 aliphatic rings. The number of carbonyl (C=O) groups is 1. The van der Waals surface area contributed by atoms with E-state index in [0.717, 1.165) is 9.35 Å². The van der Waals surface area contributed by atoms with Gasteiger partial charge in [-0.25, -0.2) is 4.79 Å². The van der Waals surface area contributed by atoms with Gasteiger partial charge in [0.05, 0.1) is 5.56 Å². The van der Waals surface area contributed by atoms with Crippen LogP contribution in [0.2, 0.25) is 0 Å². The van der Waals surface area contributed by atoms with Gasteiger partial charge < -0.3 is 16.2 Å². The van der Waals surface area contributed by atoms with Crippen LogP contribution in [0.4, 0.5) is 11.4 Å². The number of aromatic carboxylic acids is 1. The van der Waals surface area contributed by atoms with E-state index < -0.39 is 5.97 Å². The second-order valence-corrected chi connectivity index (χ2v) is 5.61. The minimum atomic E-state index is -0.989. The van der Waals surface area contributed by atoms with Crippen LogP contribution in [-0.2, 0) is 6.54 Å². The summed E-state index contributed by atoms with van der Waals surface area (Å²) in [6.07, 6.45) is 0. The molecule has 0 aliphatic heterocycles. The zero-order chi connectivity index (χ0) is 13.1. The first-order valence-electron chi connectivity index (χ1n) is 5.16. The average Bonchev–Trinajstić information content (AvgIpc) is 2.73. The highest BCUT2D eigenvalue weighted by Crippen LogP contribution is 2.23. The minimum Gasteiger partial charge on any atom is -0.478 e. The van der Waals surface area contributed by atoms with Crippen LogP contribution in [0.15, 0.2) is 34.1 Å². The third-order valence-corrected chi connectivity index (χ3v) is 4.05. The van der Waals surface area contributed by atoms with E-state index in [1.165, 1.54) is 6.07 Å². The monoisotopic (exact) mass is 326 g/mol. The molecule has 0 fully saturated rings. The summed E-state index contributed by atoms with van der Waals surface area (Å²) in [5.74, 6) is -0.989. The van der Waals surface area contributed by atoms with Crippen molar-refractivity contribution in [1.29, 1.82) is 0 Å². The fourth-order valence-electron chi connectivity index (χ4n) is 1.52. The number of nitrogens with two attached hydrogens (primary N) is 1. The quantitative estimate of drug-likeness (QED) is 0.752. The number of carboxylic acid groups (broad SMARTS) is 1. The normalized spacial score (nSPS) is 10.3. The van der Waals surface area contributed by atoms with Gasteiger partial charge in [0.25, 0.3) is 0 Å². The topological polar surface area (TPSA) is 75.3 Å². The summed E-state index contributed by atoms with van der Waals surface area (Å²) in [4.78, 5) is 12.2. The predicted octanol–water partition coefficient (Wildman–Crippen LogP) is 3.40. The van der Waals surface area contributed by atoms with Gasteiger partial charge in [-0.05, 0) is 40.2 Å². The Hall–Kier alpha value is -1.53. The van der Waals surface area contributed by atoms with E-state index in [0.29, 0.717) is 17.9 Å². The molecule has 0 saturated heterocycles. The highest BCUT2D eigenvalue weighted by atomic mass is 79.9. The third kappa shape index (κ3) is 3.02. The highest BCUT2D eigenvalue weighted by molar-refractivity contribution is 9.10. The first kappa shape index (κ1) is 12.9. The Balaban J connectivity index is 2.16. The lowest BCUT2D eigenvalue weighted by Gasteiger charge is -2.09. The van der Waals surface area contributed by atoms with Crippen molar-refractivity contribution in [2.75, 3.05) is 11.1 Å². The van der Waals surface area contributed by atoms with Crippen LogP contribution in [-0.4, -0.2) is 11.1 Å². The number of rotatable bonds is 4. The first-order valence-corrected chi connectivity index (χ1v) is 6.83. The predicted molar refractivity (Wildman–Crippen MR) is 77.2 cm³/mol. The second-order valence-electron chi connectivity index (χ2n) is 3.69. The molecule has 0 aliphatic carbocycles. The molecular formula is C12H11BrN2O2S. The van der Waals surface area contributed by atoms with Gasteiger partial charge in [-0.3, -0.25) is 0 Å². The number of thiophene rings is 1. The molecule has 94 valence electrons. The smallest absolute Gasteiger partial charge is 0.337 e. The number of benzene rings is 1. The van der Waals surface area contributed by atoms with Crippen molar-refractivity contribution in [2.45, 2.75) is 6.54 Å². The van der Waals surface area contributed by atoms with Gasteiger partial charge in [0, 0.05) is 32.6 Å². The second kappa shape index (κ2) is 5.41. The Morgan fingerprint density at radius 2 is 2.22 bits per heavy atom. The molecule has 4 nitrogen and oxygen atoms in total. The van der Waals surface area contributed by atoms with E-state index in [9.17, 15) is 4.79 Å². The molecule has 0 radical (unpaired) electrons. The van der Waals surface area contributed by atoms with Crippen molar-refractivity contribution in [3.63, 3.8) is 0 Å². The van der Waals surface area contributed by atoms with Gasteiger partial charge in [0.1, 0.15) is 0 Å². The third-order valence-electron chi connectivity index (χ3n) is 2.35. The summed E-state index contributed by atoms with van der Waals surface area (Å²) in [5, 5.41) is 14.2. The number of nitrogens with one attached hydrogen (secondary N) is 1. The first-order chi connectivity index (χ1) is 8.56. The van der Waals surface area contributed by atoms with Crippen LogP contribution in [0.1, 0.15) is 15.2 Å². The Bertz CT molecular complexity index is 583. The van der Waals surface area contributed by atoms with Crippen molar-refractivity contribution in [3.05, 3.63) is 44.6 Å². The number of anilines is 2. The van der Waals surface area contributed by atoms with E-state index in [1.807, 2.05) is 11.4 Å². The number of hydrogen-bond acceptors (Lipinski definition) is 4. The molecule has 0 atom stereocenters. The van der Waals surface area contributed by atoms with Crippen LogP contribution in [0, 0.1) is 0 Å². The molecule has 0 amide bonds. The minimum absolute atomic E-state index is 0.186. The van der Waals surface area contributed by atoms with Crippen molar-refractivity contribution < 1.29 is 9.90 Å². The summed E-state index contributed by atoms with van der Waals surface area (Å²) in [6, 6.07) is 6.81. The fourth-order valence-corrected chi connectivity index (χ4v) is 2.91. The molecular weight excluding hydrogens is 316 g/mol. The Labute approximate surface area is 117 Å². The van der Waals surface area contributed by atoms with Crippen LogP contribution in [0.25, 0.3) is 0 Å². The molecule has 18 heavy (non-hydrogen) atoms. The number of hydrogen-bond donors (Lipinski definition) is 3. The van der Waals surface area contributed by atoms with Crippen LogP contribution in [0.5, 0.6) is 0 Å². The maximum Gasteiger partial charge on any atom is 0.337 e. The molecule has 2 aromatic rings. The molecule has 0 unspecified atom stereocenters. The van der Waals surface area contributed by atoms with Gasteiger partial charge in [-0.1, -0.05) is 0 Å². The number of halogens is 1. The standard InChI is InChI=1S/C12H11BrN2O2S/c13-7-3-9(18-6-7)5-15-11-2-1-8(14)4-10(11)12(16)17/h1-4,6,15H,5,14H2,(H,16,17). The van der Waals surface area contributed by atoms with E-state index in [-0.39, 0.29) is 5.56 Å². The molecule has 6 heteroatoms. The maximum atomic E-state index is 11.1. The Morgan fingerprint density at radius 1 is 1.44 bits per heavy atom. The van der Waals surface area contributed by atoms with Crippen molar-refractivity contribution in [2.24, 2.45) is 0 Å². The fraction of sp³-hybridized carbons (Fsp3) is 0.0833. The largest absolute Gasteiger partial charge is 0.478 e. The van der Waals surface area contributed by atoms with Gasteiger partial charge in [0.2, 0.25) is 0 Å². The van der Waals surface area contributed by atoms with Crippen molar-refractivity contribution in [1.82, 2.24) is 0 Å². The molecule has 4 N–H and O–H groups in total. The number of nitrogen functional groups attached to an aromatic ring is 1. The average molecular weight is 327 g/mol. The van der Waals surface area contributed by atoms with Gasteiger partial charge >= 0.3 is 5.97 Å². The summed E-state index contributed by atoms with van der Waals surface area (Å²) in [7, 11) is 0. The molecule has 0 spiro atoms. The zero-order valence-electron chi connectivity index (χ0n) is 9.31. The molecule has 0 saturated carbocycles. The van der Waals surface area contributed by atoms with E-state index in [2.05, 4.69) is 21.2 Å². The van der Waals surface area contributed by atoms with E-state index >= 15 is 0 Å². The zero-order valence-corrected chi connectivity index (χ0v) is 11.7.